The fourth-order valence-electron chi connectivity index (χ4n) is 1.75. The highest BCUT2D eigenvalue weighted by atomic mass is 19.1. The Kier molecular flexibility index (Phi) is 6.10. The molecule has 2 amide bonds. The minimum Gasteiger partial charge on any atom is -0.478 e. The number of carboxylic acid groups (broad SMARTS) is 1. The molecular weight excluding hydrogens is 279 g/mol. The van der Waals surface area contributed by atoms with Crippen molar-refractivity contribution in [3.05, 3.63) is 29.6 Å². The Bertz CT molecular complexity index is 520. The largest absolute Gasteiger partial charge is 0.478 e. The second kappa shape index (κ2) is 7.58. The lowest BCUT2D eigenvalue weighted by atomic mass is 10.2. The van der Waals surface area contributed by atoms with Crippen LogP contribution in [-0.4, -0.2) is 48.3 Å². The molecule has 1 aromatic rings. The third kappa shape index (κ3) is 4.71. The van der Waals surface area contributed by atoms with E-state index in [-0.39, 0.29) is 11.7 Å². The van der Waals surface area contributed by atoms with Gasteiger partial charge in [0.15, 0.2) is 0 Å². The molecule has 0 atom stereocenters. The number of nitrogens with zero attached hydrogens (tertiary/aromatic N) is 1. The number of carboxylic acids is 1. The third-order valence-corrected chi connectivity index (χ3v) is 2.87. The van der Waals surface area contributed by atoms with E-state index < -0.39 is 23.4 Å². The highest BCUT2D eigenvalue weighted by Crippen LogP contribution is 2.16. The van der Waals surface area contributed by atoms with Crippen LogP contribution >= 0.6 is 0 Å². The van der Waals surface area contributed by atoms with Crippen molar-refractivity contribution in [1.29, 1.82) is 0 Å². The number of amides is 2. The number of ether oxygens (including phenoxy) is 1. The van der Waals surface area contributed by atoms with Crippen molar-refractivity contribution in [2.24, 2.45) is 0 Å². The predicted octanol–water partition coefficient (Wildman–Crippen LogP) is 2.41. The number of aromatic carboxylic acids is 1. The Balaban J connectivity index is 2.86. The Morgan fingerprint density at radius 1 is 1.43 bits per heavy atom. The summed E-state index contributed by atoms with van der Waals surface area (Å²) >= 11 is 0. The normalized spacial score (nSPS) is 10.5. The quantitative estimate of drug-likeness (QED) is 0.845. The Hall–Kier alpha value is -2.15. The van der Waals surface area contributed by atoms with Crippen molar-refractivity contribution < 1.29 is 23.8 Å². The first-order valence-corrected chi connectivity index (χ1v) is 6.46. The molecule has 7 heteroatoms. The number of hydrogen-bond donors (Lipinski definition) is 2. The molecule has 0 aliphatic rings. The summed E-state index contributed by atoms with van der Waals surface area (Å²) in [4.78, 5) is 24.5. The van der Waals surface area contributed by atoms with E-state index in [1.165, 1.54) is 18.1 Å². The van der Waals surface area contributed by atoms with Gasteiger partial charge >= 0.3 is 12.0 Å². The van der Waals surface area contributed by atoms with Gasteiger partial charge in [0.25, 0.3) is 0 Å². The van der Waals surface area contributed by atoms with Crippen LogP contribution in [0.2, 0.25) is 0 Å². The zero-order chi connectivity index (χ0) is 16.0. The second-order valence-electron chi connectivity index (χ2n) is 4.71. The molecule has 0 aliphatic heterocycles. The molecule has 0 saturated carbocycles. The Labute approximate surface area is 122 Å². The standard InChI is InChI=1S/C14H19FN2O4/c1-9(2)17(6-7-21-3)14(20)16-10-4-5-12(15)11(8-10)13(18)19/h4-5,8-9H,6-7H2,1-3H3,(H,16,20)(H,18,19). The molecule has 0 spiro atoms. The number of methoxy groups -OCH3 is 1. The Morgan fingerprint density at radius 2 is 2.10 bits per heavy atom. The van der Waals surface area contributed by atoms with Gasteiger partial charge in [-0.05, 0) is 32.0 Å². The van der Waals surface area contributed by atoms with Crippen molar-refractivity contribution >= 4 is 17.7 Å². The van der Waals surface area contributed by atoms with Gasteiger partial charge in [-0.15, -0.1) is 0 Å². The molecule has 0 fully saturated rings. The van der Waals surface area contributed by atoms with Crippen LogP contribution in [-0.2, 0) is 4.74 Å². The average Bonchev–Trinajstić information content (AvgIpc) is 2.40. The van der Waals surface area contributed by atoms with E-state index in [0.29, 0.717) is 13.2 Å². The zero-order valence-electron chi connectivity index (χ0n) is 12.2. The molecule has 0 heterocycles. The van der Waals surface area contributed by atoms with Crippen LogP contribution in [0.4, 0.5) is 14.9 Å². The summed E-state index contributed by atoms with van der Waals surface area (Å²) in [5.74, 6) is -2.23. The fraction of sp³-hybridized carbons (Fsp3) is 0.429. The van der Waals surface area contributed by atoms with Crippen molar-refractivity contribution in [2.45, 2.75) is 19.9 Å². The van der Waals surface area contributed by atoms with Gasteiger partial charge in [0, 0.05) is 25.4 Å². The second-order valence-corrected chi connectivity index (χ2v) is 4.71. The highest BCUT2D eigenvalue weighted by Gasteiger charge is 2.18. The van der Waals surface area contributed by atoms with Crippen molar-refractivity contribution in [2.75, 3.05) is 25.6 Å². The molecule has 0 bridgehead atoms. The number of anilines is 1. The first kappa shape index (κ1) is 16.9. The lowest BCUT2D eigenvalue weighted by Crippen LogP contribution is -2.42. The van der Waals surface area contributed by atoms with Crippen LogP contribution in [0.1, 0.15) is 24.2 Å². The number of carbonyl (C=O) groups is 2. The van der Waals surface area contributed by atoms with Crippen molar-refractivity contribution in [1.82, 2.24) is 4.90 Å². The maximum atomic E-state index is 13.3. The zero-order valence-corrected chi connectivity index (χ0v) is 12.2. The van der Waals surface area contributed by atoms with Crippen LogP contribution in [0.3, 0.4) is 0 Å². The lowest BCUT2D eigenvalue weighted by molar-refractivity contribution is 0.0692. The third-order valence-electron chi connectivity index (χ3n) is 2.87. The van der Waals surface area contributed by atoms with E-state index in [4.69, 9.17) is 9.84 Å². The lowest BCUT2D eigenvalue weighted by Gasteiger charge is -2.26. The molecule has 6 nitrogen and oxygen atoms in total. The fourth-order valence-corrected chi connectivity index (χ4v) is 1.75. The van der Waals surface area contributed by atoms with E-state index in [0.717, 1.165) is 12.1 Å². The van der Waals surface area contributed by atoms with Crippen LogP contribution < -0.4 is 5.32 Å². The topological polar surface area (TPSA) is 78.9 Å². The molecule has 0 saturated heterocycles. The molecule has 0 aliphatic carbocycles. The van der Waals surface area contributed by atoms with Gasteiger partial charge in [0.2, 0.25) is 0 Å². The number of nitrogens with one attached hydrogen (secondary N) is 1. The molecule has 0 unspecified atom stereocenters. The molecule has 0 aromatic heterocycles. The summed E-state index contributed by atoms with van der Waals surface area (Å²) in [6.45, 7) is 4.48. The number of urea groups is 1. The number of halogens is 1. The minimum absolute atomic E-state index is 0.0560. The number of benzene rings is 1. The highest BCUT2D eigenvalue weighted by molar-refractivity contribution is 5.93. The van der Waals surface area contributed by atoms with Crippen LogP contribution in [0.5, 0.6) is 0 Å². The van der Waals surface area contributed by atoms with Crippen LogP contribution in [0, 0.1) is 5.82 Å². The molecule has 2 N–H and O–H groups in total. The molecule has 1 aromatic carbocycles. The van der Waals surface area contributed by atoms with E-state index in [2.05, 4.69) is 5.32 Å². The first-order chi connectivity index (χ1) is 9.86. The van der Waals surface area contributed by atoms with Gasteiger partial charge in [-0.3, -0.25) is 0 Å². The van der Waals surface area contributed by atoms with Gasteiger partial charge in [0.1, 0.15) is 5.82 Å². The van der Waals surface area contributed by atoms with Gasteiger partial charge in [-0.1, -0.05) is 0 Å². The smallest absolute Gasteiger partial charge is 0.338 e. The first-order valence-electron chi connectivity index (χ1n) is 6.46. The molecule has 1 rings (SSSR count). The summed E-state index contributed by atoms with van der Waals surface area (Å²) < 4.78 is 18.2. The SMILES string of the molecule is COCCN(C(=O)Nc1ccc(F)c(C(=O)O)c1)C(C)C. The summed E-state index contributed by atoms with van der Waals surface area (Å²) in [6.07, 6.45) is 0. The van der Waals surface area contributed by atoms with Gasteiger partial charge in [-0.25, -0.2) is 14.0 Å². The number of hydrogen-bond acceptors (Lipinski definition) is 3. The summed E-state index contributed by atoms with van der Waals surface area (Å²) in [7, 11) is 1.54. The maximum Gasteiger partial charge on any atom is 0.338 e. The van der Waals surface area contributed by atoms with E-state index >= 15 is 0 Å². The summed E-state index contributed by atoms with van der Waals surface area (Å²) in [6, 6.07) is 2.96. The monoisotopic (exact) mass is 298 g/mol. The van der Waals surface area contributed by atoms with Gasteiger partial charge in [-0.2, -0.15) is 0 Å². The summed E-state index contributed by atoms with van der Waals surface area (Å²) in [5.41, 5.74) is -0.261. The average molecular weight is 298 g/mol. The Morgan fingerprint density at radius 3 is 2.62 bits per heavy atom. The minimum atomic E-state index is -1.39. The predicted molar refractivity (Wildman–Crippen MR) is 76.1 cm³/mol. The molecular formula is C14H19FN2O4. The van der Waals surface area contributed by atoms with Gasteiger partial charge < -0.3 is 20.1 Å². The molecule has 21 heavy (non-hydrogen) atoms. The van der Waals surface area contributed by atoms with Crippen molar-refractivity contribution in [3.63, 3.8) is 0 Å². The number of rotatable bonds is 6. The van der Waals surface area contributed by atoms with Crippen molar-refractivity contribution in [3.8, 4) is 0 Å². The van der Waals surface area contributed by atoms with E-state index in [1.54, 1.807) is 0 Å². The molecule has 0 radical (unpaired) electrons. The molecule has 116 valence electrons. The number of carbonyl (C=O) groups excluding carboxylic acids is 1. The van der Waals surface area contributed by atoms with Gasteiger partial charge in [0.05, 0.1) is 12.2 Å². The summed E-state index contributed by atoms with van der Waals surface area (Å²) in [5, 5.41) is 11.4. The van der Waals surface area contributed by atoms with E-state index in [1.807, 2.05) is 13.8 Å². The van der Waals surface area contributed by atoms with Crippen LogP contribution in [0.15, 0.2) is 18.2 Å². The van der Waals surface area contributed by atoms with E-state index in [9.17, 15) is 14.0 Å². The maximum absolute atomic E-state index is 13.3. The van der Waals surface area contributed by atoms with Crippen LogP contribution in [0.25, 0.3) is 0 Å².